The first-order valence-electron chi connectivity index (χ1n) is 9.51. The summed E-state index contributed by atoms with van der Waals surface area (Å²) in [4.78, 5) is 28.7. The van der Waals surface area contributed by atoms with E-state index in [9.17, 15) is 18.4 Å². The van der Waals surface area contributed by atoms with Gasteiger partial charge in [0.2, 0.25) is 5.91 Å². The van der Waals surface area contributed by atoms with Gasteiger partial charge in [-0.25, -0.2) is 8.78 Å². The molecule has 2 aliphatic heterocycles. The SMILES string of the molecule is O=C1CC2(CCN(C(=O)c3cccc(F)c3)CC2)CN1Cc1cccc(F)c1. The van der Waals surface area contributed by atoms with Gasteiger partial charge in [0.1, 0.15) is 11.6 Å². The van der Waals surface area contributed by atoms with Crippen molar-refractivity contribution in [3.8, 4) is 0 Å². The van der Waals surface area contributed by atoms with E-state index in [0.717, 1.165) is 18.4 Å². The van der Waals surface area contributed by atoms with Gasteiger partial charge in [0.15, 0.2) is 0 Å². The average Bonchev–Trinajstić information content (AvgIpc) is 2.96. The number of amides is 2. The molecule has 0 radical (unpaired) electrons. The van der Waals surface area contributed by atoms with Gasteiger partial charge in [-0.1, -0.05) is 18.2 Å². The maximum Gasteiger partial charge on any atom is 0.253 e. The van der Waals surface area contributed by atoms with Crippen LogP contribution in [0.15, 0.2) is 48.5 Å². The fraction of sp³-hybridized carbons (Fsp3) is 0.364. The molecule has 2 aliphatic rings. The molecule has 0 N–H and O–H groups in total. The molecular weight excluding hydrogens is 362 g/mol. The van der Waals surface area contributed by atoms with Crippen molar-refractivity contribution in [2.24, 2.45) is 5.41 Å². The fourth-order valence-electron chi connectivity index (χ4n) is 4.30. The van der Waals surface area contributed by atoms with E-state index < -0.39 is 5.82 Å². The van der Waals surface area contributed by atoms with Gasteiger partial charge in [0.05, 0.1) is 0 Å². The second kappa shape index (κ2) is 7.34. The molecule has 0 unspecified atom stereocenters. The lowest BCUT2D eigenvalue weighted by molar-refractivity contribution is -0.128. The lowest BCUT2D eigenvalue weighted by atomic mass is 9.77. The number of halogens is 2. The Bertz CT molecular complexity index is 907. The van der Waals surface area contributed by atoms with Gasteiger partial charge in [0.25, 0.3) is 5.91 Å². The van der Waals surface area contributed by atoms with Crippen molar-refractivity contribution in [2.75, 3.05) is 19.6 Å². The van der Waals surface area contributed by atoms with Crippen LogP contribution < -0.4 is 0 Å². The summed E-state index contributed by atoms with van der Waals surface area (Å²) < 4.78 is 26.8. The van der Waals surface area contributed by atoms with Gasteiger partial charge in [-0.2, -0.15) is 0 Å². The Morgan fingerprint density at radius 2 is 1.68 bits per heavy atom. The van der Waals surface area contributed by atoms with Crippen LogP contribution >= 0.6 is 0 Å². The molecule has 2 aromatic carbocycles. The molecule has 0 saturated carbocycles. The Morgan fingerprint density at radius 3 is 2.36 bits per heavy atom. The first-order chi connectivity index (χ1) is 13.4. The normalized spacial score (nSPS) is 18.7. The van der Waals surface area contributed by atoms with Gasteiger partial charge in [-0.3, -0.25) is 9.59 Å². The van der Waals surface area contributed by atoms with Crippen molar-refractivity contribution >= 4 is 11.8 Å². The number of hydrogen-bond acceptors (Lipinski definition) is 2. The smallest absolute Gasteiger partial charge is 0.253 e. The molecule has 0 atom stereocenters. The van der Waals surface area contributed by atoms with Crippen LogP contribution in [0.3, 0.4) is 0 Å². The summed E-state index contributed by atoms with van der Waals surface area (Å²) in [5.74, 6) is -0.818. The van der Waals surface area contributed by atoms with Crippen LogP contribution in [-0.4, -0.2) is 41.2 Å². The van der Waals surface area contributed by atoms with Crippen LogP contribution in [0.25, 0.3) is 0 Å². The molecule has 0 aliphatic carbocycles. The lowest BCUT2D eigenvalue weighted by Crippen LogP contribution is -2.44. The van der Waals surface area contributed by atoms with Crippen LogP contribution in [0.2, 0.25) is 0 Å². The van der Waals surface area contributed by atoms with Crippen molar-refractivity contribution in [1.29, 1.82) is 0 Å². The predicted molar refractivity (Wildman–Crippen MR) is 100 cm³/mol. The Hall–Kier alpha value is -2.76. The highest BCUT2D eigenvalue weighted by Gasteiger charge is 2.45. The van der Waals surface area contributed by atoms with Crippen molar-refractivity contribution in [3.63, 3.8) is 0 Å². The standard InChI is InChI=1S/C22H22F2N2O2/c23-18-5-1-3-16(11-18)14-26-15-22(13-20(26)27)7-9-25(10-8-22)21(28)17-4-2-6-19(24)12-17/h1-6,11-12H,7-10,13-15H2. The zero-order chi connectivity index (χ0) is 19.7. The quantitative estimate of drug-likeness (QED) is 0.811. The van der Waals surface area contributed by atoms with Gasteiger partial charge in [-0.05, 0) is 48.7 Å². The van der Waals surface area contributed by atoms with Gasteiger partial charge in [0, 0.05) is 43.6 Å². The van der Waals surface area contributed by atoms with Crippen LogP contribution in [0, 0.1) is 17.0 Å². The molecule has 2 aromatic rings. The van der Waals surface area contributed by atoms with Crippen LogP contribution in [0.5, 0.6) is 0 Å². The Morgan fingerprint density at radius 1 is 1.00 bits per heavy atom. The number of hydrogen-bond donors (Lipinski definition) is 0. The van der Waals surface area contributed by atoms with E-state index in [1.807, 2.05) is 6.07 Å². The summed E-state index contributed by atoms with van der Waals surface area (Å²) in [7, 11) is 0. The average molecular weight is 384 g/mol. The van der Waals surface area contributed by atoms with Crippen molar-refractivity contribution in [3.05, 3.63) is 71.3 Å². The Labute approximate surface area is 162 Å². The van der Waals surface area contributed by atoms with Crippen LogP contribution in [0.4, 0.5) is 8.78 Å². The Kier molecular flexibility index (Phi) is 4.87. The van der Waals surface area contributed by atoms with Crippen LogP contribution in [-0.2, 0) is 11.3 Å². The number of carbonyl (C=O) groups is 2. The summed E-state index contributed by atoms with van der Waals surface area (Å²) in [5.41, 5.74) is 0.999. The van der Waals surface area contributed by atoms with Gasteiger partial charge >= 0.3 is 0 Å². The molecule has 28 heavy (non-hydrogen) atoms. The zero-order valence-electron chi connectivity index (χ0n) is 15.5. The molecule has 4 rings (SSSR count). The molecule has 4 nitrogen and oxygen atoms in total. The Balaban J connectivity index is 1.39. The topological polar surface area (TPSA) is 40.6 Å². The summed E-state index contributed by atoms with van der Waals surface area (Å²) in [6.45, 7) is 2.14. The highest BCUT2D eigenvalue weighted by atomic mass is 19.1. The van der Waals surface area contributed by atoms with E-state index in [0.29, 0.717) is 38.2 Å². The van der Waals surface area contributed by atoms with Crippen molar-refractivity contribution < 1.29 is 18.4 Å². The minimum absolute atomic E-state index is 0.0779. The second-order valence-electron chi connectivity index (χ2n) is 7.86. The lowest BCUT2D eigenvalue weighted by Gasteiger charge is -2.38. The molecule has 2 heterocycles. The van der Waals surface area contributed by atoms with E-state index in [-0.39, 0.29) is 23.0 Å². The molecule has 2 saturated heterocycles. The van der Waals surface area contributed by atoms with Gasteiger partial charge in [-0.15, -0.1) is 0 Å². The number of piperidine rings is 1. The third-order valence-corrected chi connectivity index (χ3v) is 5.85. The molecule has 2 amide bonds. The molecule has 6 heteroatoms. The van der Waals surface area contributed by atoms with E-state index in [1.165, 1.54) is 30.3 Å². The third kappa shape index (κ3) is 3.77. The number of benzene rings is 2. The minimum atomic E-state index is -0.422. The summed E-state index contributed by atoms with van der Waals surface area (Å²) in [6, 6.07) is 12.1. The van der Waals surface area contributed by atoms with Crippen molar-refractivity contribution in [2.45, 2.75) is 25.8 Å². The van der Waals surface area contributed by atoms with Crippen LogP contribution in [0.1, 0.15) is 35.2 Å². The first kappa shape index (κ1) is 18.6. The number of rotatable bonds is 3. The molecular formula is C22H22F2N2O2. The predicted octanol–water partition coefficient (Wildman–Crippen LogP) is 3.62. The fourth-order valence-corrected chi connectivity index (χ4v) is 4.30. The second-order valence-corrected chi connectivity index (χ2v) is 7.86. The summed E-state index contributed by atoms with van der Waals surface area (Å²) in [6.07, 6.45) is 1.93. The number of nitrogens with zero attached hydrogens (tertiary/aromatic N) is 2. The number of likely N-dealkylation sites (tertiary alicyclic amines) is 2. The molecule has 2 fully saturated rings. The zero-order valence-corrected chi connectivity index (χ0v) is 15.5. The number of carbonyl (C=O) groups excluding carboxylic acids is 2. The third-order valence-electron chi connectivity index (χ3n) is 5.85. The monoisotopic (exact) mass is 384 g/mol. The molecule has 0 aromatic heterocycles. The van der Waals surface area contributed by atoms with Crippen molar-refractivity contribution in [1.82, 2.24) is 9.80 Å². The van der Waals surface area contributed by atoms with E-state index in [2.05, 4.69) is 0 Å². The highest BCUT2D eigenvalue weighted by molar-refractivity contribution is 5.94. The highest BCUT2D eigenvalue weighted by Crippen LogP contribution is 2.41. The van der Waals surface area contributed by atoms with Gasteiger partial charge < -0.3 is 9.80 Å². The maximum atomic E-state index is 13.4. The minimum Gasteiger partial charge on any atom is -0.339 e. The molecule has 146 valence electrons. The molecule has 1 spiro atoms. The maximum absolute atomic E-state index is 13.4. The largest absolute Gasteiger partial charge is 0.339 e. The first-order valence-corrected chi connectivity index (χ1v) is 9.51. The summed E-state index contributed by atoms with van der Waals surface area (Å²) >= 11 is 0. The van der Waals surface area contributed by atoms with E-state index in [4.69, 9.17) is 0 Å². The van der Waals surface area contributed by atoms with E-state index >= 15 is 0 Å². The summed E-state index contributed by atoms with van der Waals surface area (Å²) in [5, 5.41) is 0. The molecule has 0 bridgehead atoms. The van der Waals surface area contributed by atoms with E-state index in [1.54, 1.807) is 21.9 Å².